The lowest BCUT2D eigenvalue weighted by Crippen LogP contribution is -2.39. The Bertz CT molecular complexity index is 134. The van der Waals surface area contributed by atoms with Crippen LogP contribution in [-0.2, 0) is 0 Å². The summed E-state index contributed by atoms with van der Waals surface area (Å²) in [5, 5.41) is 0. The highest BCUT2D eigenvalue weighted by Gasteiger charge is 2.50. The molecule has 0 radical (unpaired) electrons. The maximum Gasteiger partial charge on any atom is 0.0207 e. The van der Waals surface area contributed by atoms with Gasteiger partial charge in [0.05, 0.1) is 0 Å². The first-order valence-electron chi connectivity index (χ1n) is 4.81. The van der Waals surface area contributed by atoms with Gasteiger partial charge in [-0.05, 0) is 24.7 Å². The molecule has 0 saturated heterocycles. The Kier molecular flexibility index (Phi) is 2.29. The topological polar surface area (TPSA) is 26.0 Å². The smallest absolute Gasteiger partial charge is 0.0207 e. The van der Waals surface area contributed by atoms with Crippen molar-refractivity contribution in [2.45, 2.75) is 58.4 Å². The van der Waals surface area contributed by atoms with Crippen LogP contribution < -0.4 is 5.73 Å². The molecule has 0 unspecified atom stereocenters. The SMILES string of the molecule is CCCCC(C)(C)C1(N)CC1. The van der Waals surface area contributed by atoms with Crippen LogP contribution in [0.2, 0.25) is 0 Å². The highest BCUT2D eigenvalue weighted by atomic mass is 14.9. The van der Waals surface area contributed by atoms with E-state index in [2.05, 4.69) is 20.8 Å². The molecule has 1 heteroatoms. The number of rotatable bonds is 4. The minimum absolute atomic E-state index is 0.197. The maximum absolute atomic E-state index is 6.17. The van der Waals surface area contributed by atoms with Crippen LogP contribution >= 0.6 is 0 Å². The van der Waals surface area contributed by atoms with E-state index in [1.165, 1.54) is 32.1 Å². The number of unbranched alkanes of at least 4 members (excludes halogenated alkanes) is 1. The zero-order chi connectivity index (χ0) is 8.54. The highest BCUT2D eigenvalue weighted by molar-refractivity contribution is 5.08. The minimum atomic E-state index is 0.197. The molecule has 0 aromatic heterocycles. The van der Waals surface area contributed by atoms with Gasteiger partial charge in [0.2, 0.25) is 0 Å². The zero-order valence-electron chi connectivity index (χ0n) is 8.11. The Morgan fingerprint density at radius 1 is 1.36 bits per heavy atom. The Hall–Kier alpha value is -0.0400. The first kappa shape index (κ1) is 9.05. The van der Waals surface area contributed by atoms with Gasteiger partial charge < -0.3 is 5.73 Å². The van der Waals surface area contributed by atoms with Crippen LogP contribution in [0.15, 0.2) is 0 Å². The summed E-state index contributed by atoms with van der Waals surface area (Å²) < 4.78 is 0. The third-order valence-electron chi connectivity index (χ3n) is 3.29. The lowest BCUT2D eigenvalue weighted by atomic mass is 9.78. The fourth-order valence-corrected chi connectivity index (χ4v) is 1.68. The van der Waals surface area contributed by atoms with Crippen molar-refractivity contribution in [2.75, 3.05) is 0 Å². The molecule has 1 rings (SSSR count). The Morgan fingerprint density at radius 2 is 1.91 bits per heavy atom. The summed E-state index contributed by atoms with van der Waals surface area (Å²) in [4.78, 5) is 0. The average Bonchev–Trinajstić information content (AvgIpc) is 2.65. The second kappa shape index (κ2) is 2.78. The molecule has 11 heavy (non-hydrogen) atoms. The van der Waals surface area contributed by atoms with Crippen molar-refractivity contribution < 1.29 is 0 Å². The van der Waals surface area contributed by atoms with Crippen LogP contribution in [0, 0.1) is 5.41 Å². The van der Waals surface area contributed by atoms with Gasteiger partial charge in [-0.25, -0.2) is 0 Å². The lowest BCUT2D eigenvalue weighted by Gasteiger charge is -2.31. The summed E-state index contributed by atoms with van der Waals surface area (Å²) in [6, 6.07) is 0. The molecule has 1 aliphatic rings. The lowest BCUT2D eigenvalue weighted by molar-refractivity contribution is 0.238. The maximum atomic E-state index is 6.17. The Balaban J connectivity index is 2.39. The monoisotopic (exact) mass is 155 g/mol. The molecular formula is C10H21N. The number of nitrogens with two attached hydrogens (primary N) is 1. The van der Waals surface area contributed by atoms with E-state index in [9.17, 15) is 0 Å². The number of hydrogen-bond donors (Lipinski definition) is 1. The van der Waals surface area contributed by atoms with Gasteiger partial charge in [-0.1, -0.05) is 33.6 Å². The average molecular weight is 155 g/mol. The molecule has 1 aliphatic carbocycles. The fraction of sp³-hybridized carbons (Fsp3) is 1.00. The van der Waals surface area contributed by atoms with Crippen molar-refractivity contribution in [1.29, 1.82) is 0 Å². The van der Waals surface area contributed by atoms with Crippen molar-refractivity contribution in [2.24, 2.45) is 11.1 Å². The molecular weight excluding hydrogens is 134 g/mol. The summed E-state index contributed by atoms with van der Waals surface area (Å²) in [6.07, 6.45) is 6.39. The fourth-order valence-electron chi connectivity index (χ4n) is 1.68. The van der Waals surface area contributed by atoms with Gasteiger partial charge in [0.1, 0.15) is 0 Å². The van der Waals surface area contributed by atoms with Gasteiger partial charge in [0.25, 0.3) is 0 Å². The van der Waals surface area contributed by atoms with Crippen molar-refractivity contribution in [3.8, 4) is 0 Å². The standard InChI is InChI=1S/C10H21N/c1-4-5-6-9(2,3)10(11)7-8-10/h4-8,11H2,1-3H3. The molecule has 0 bridgehead atoms. The van der Waals surface area contributed by atoms with Gasteiger partial charge in [0, 0.05) is 5.54 Å². The normalized spacial score (nSPS) is 21.8. The van der Waals surface area contributed by atoms with E-state index in [1.54, 1.807) is 0 Å². The third kappa shape index (κ3) is 1.76. The highest BCUT2D eigenvalue weighted by Crippen LogP contribution is 2.49. The van der Waals surface area contributed by atoms with Gasteiger partial charge in [-0.15, -0.1) is 0 Å². The molecule has 0 aliphatic heterocycles. The largest absolute Gasteiger partial charge is 0.325 e. The number of hydrogen-bond acceptors (Lipinski definition) is 1. The van der Waals surface area contributed by atoms with Crippen LogP contribution in [0.3, 0.4) is 0 Å². The van der Waals surface area contributed by atoms with Crippen molar-refractivity contribution in [3.63, 3.8) is 0 Å². The van der Waals surface area contributed by atoms with E-state index in [1.807, 2.05) is 0 Å². The predicted octanol–water partition coefficient (Wildman–Crippen LogP) is 2.69. The van der Waals surface area contributed by atoms with E-state index in [0.29, 0.717) is 5.41 Å². The summed E-state index contributed by atoms with van der Waals surface area (Å²) >= 11 is 0. The van der Waals surface area contributed by atoms with E-state index in [4.69, 9.17) is 5.73 Å². The summed E-state index contributed by atoms with van der Waals surface area (Å²) in [6.45, 7) is 6.87. The Labute approximate surface area is 70.4 Å². The van der Waals surface area contributed by atoms with E-state index >= 15 is 0 Å². The second-order valence-corrected chi connectivity index (χ2v) is 4.64. The van der Waals surface area contributed by atoms with Gasteiger partial charge >= 0.3 is 0 Å². The van der Waals surface area contributed by atoms with E-state index in [-0.39, 0.29) is 5.54 Å². The van der Waals surface area contributed by atoms with Crippen LogP contribution in [-0.4, -0.2) is 5.54 Å². The minimum Gasteiger partial charge on any atom is -0.325 e. The van der Waals surface area contributed by atoms with Gasteiger partial charge in [-0.2, -0.15) is 0 Å². The van der Waals surface area contributed by atoms with Crippen LogP contribution in [0.5, 0.6) is 0 Å². The molecule has 0 heterocycles. The zero-order valence-corrected chi connectivity index (χ0v) is 8.11. The molecule has 0 amide bonds. The van der Waals surface area contributed by atoms with E-state index in [0.717, 1.165) is 0 Å². The summed E-state index contributed by atoms with van der Waals surface area (Å²) in [7, 11) is 0. The van der Waals surface area contributed by atoms with Gasteiger partial charge in [-0.3, -0.25) is 0 Å². The molecule has 1 fully saturated rings. The first-order valence-corrected chi connectivity index (χ1v) is 4.81. The van der Waals surface area contributed by atoms with Crippen LogP contribution in [0.25, 0.3) is 0 Å². The van der Waals surface area contributed by atoms with Gasteiger partial charge in [0.15, 0.2) is 0 Å². The second-order valence-electron chi connectivity index (χ2n) is 4.64. The third-order valence-corrected chi connectivity index (χ3v) is 3.29. The first-order chi connectivity index (χ1) is 5.02. The molecule has 1 saturated carbocycles. The van der Waals surface area contributed by atoms with E-state index < -0.39 is 0 Å². The van der Waals surface area contributed by atoms with Crippen LogP contribution in [0.4, 0.5) is 0 Å². The molecule has 1 nitrogen and oxygen atoms in total. The van der Waals surface area contributed by atoms with Crippen LogP contribution in [0.1, 0.15) is 52.9 Å². The predicted molar refractivity (Wildman–Crippen MR) is 49.5 cm³/mol. The summed E-state index contributed by atoms with van der Waals surface area (Å²) in [5.41, 5.74) is 6.74. The Morgan fingerprint density at radius 3 is 2.27 bits per heavy atom. The van der Waals surface area contributed by atoms with Crippen molar-refractivity contribution in [3.05, 3.63) is 0 Å². The molecule has 0 spiro atoms. The molecule has 0 atom stereocenters. The summed E-state index contributed by atoms with van der Waals surface area (Å²) in [5.74, 6) is 0. The molecule has 66 valence electrons. The van der Waals surface area contributed by atoms with Crippen molar-refractivity contribution in [1.82, 2.24) is 0 Å². The molecule has 0 aromatic carbocycles. The van der Waals surface area contributed by atoms with Crippen molar-refractivity contribution >= 4 is 0 Å². The molecule has 0 aromatic rings. The molecule has 2 N–H and O–H groups in total. The quantitative estimate of drug-likeness (QED) is 0.663.